The van der Waals surface area contributed by atoms with Crippen molar-refractivity contribution in [1.82, 2.24) is 30.1 Å². The zero-order valence-corrected chi connectivity index (χ0v) is 19.3. The predicted molar refractivity (Wildman–Crippen MR) is 126 cm³/mol. The molecule has 1 atom stereocenters. The number of pyridine rings is 1. The SMILES string of the molecule is CCc1ccc2[nH]c(=O)c([C@H](c3nnnn3C3CCCCC3)N3CCC(C)CC3)cc2c1. The van der Waals surface area contributed by atoms with Crippen LogP contribution in [-0.4, -0.2) is 43.2 Å². The monoisotopic (exact) mass is 434 g/mol. The molecular weight excluding hydrogens is 400 g/mol. The summed E-state index contributed by atoms with van der Waals surface area (Å²) in [5, 5.41) is 14.1. The summed E-state index contributed by atoms with van der Waals surface area (Å²) in [4.78, 5) is 18.9. The Morgan fingerprint density at radius 3 is 2.62 bits per heavy atom. The largest absolute Gasteiger partial charge is 0.322 e. The second kappa shape index (κ2) is 9.14. The molecule has 1 N–H and O–H groups in total. The van der Waals surface area contributed by atoms with E-state index < -0.39 is 0 Å². The van der Waals surface area contributed by atoms with Crippen LogP contribution in [-0.2, 0) is 6.42 Å². The third-order valence-corrected chi connectivity index (χ3v) is 7.51. The number of tetrazole rings is 1. The van der Waals surface area contributed by atoms with Gasteiger partial charge in [-0.1, -0.05) is 39.2 Å². The molecule has 1 saturated carbocycles. The number of nitrogens with zero attached hydrogens (tertiary/aromatic N) is 5. The Labute approximate surface area is 189 Å². The average Bonchev–Trinajstić information content (AvgIpc) is 3.30. The molecular formula is C25H34N6O. The quantitative estimate of drug-likeness (QED) is 0.644. The van der Waals surface area contributed by atoms with Crippen molar-refractivity contribution in [3.05, 3.63) is 51.6 Å². The second-order valence-electron chi connectivity index (χ2n) is 9.72. The second-order valence-corrected chi connectivity index (χ2v) is 9.72. The van der Waals surface area contributed by atoms with Crippen LogP contribution >= 0.6 is 0 Å². The first kappa shape index (κ1) is 21.3. The first-order valence-electron chi connectivity index (χ1n) is 12.3. The molecule has 2 aliphatic rings. The Morgan fingerprint density at radius 1 is 1.09 bits per heavy atom. The number of fused-ring (bicyclic) bond motifs is 1. The van der Waals surface area contributed by atoms with Gasteiger partial charge in [0.2, 0.25) is 0 Å². The fourth-order valence-electron chi connectivity index (χ4n) is 5.45. The first-order valence-corrected chi connectivity index (χ1v) is 12.3. The third-order valence-electron chi connectivity index (χ3n) is 7.51. The van der Waals surface area contributed by atoms with Crippen LogP contribution in [0.5, 0.6) is 0 Å². The molecule has 0 spiro atoms. The number of hydrogen-bond donors (Lipinski definition) is 1. The van der Waals surface area contributed by atoms with Crippen molar-refractivity contribution in [2.75, 3.05) is 13.1 Å². The van der Waals surface area contributed by atoms with E-state index in [1.165, 1.54) is 24.8 Å². The number of aromatic amines is 1. The summed E-state index contributed by atoms with van der Waals surface area (Å²) in [6, 6.07) is 8.47. The number of likely N-dealkylation sites (tertiary alicyclic amines) is 1. The fraction of sp³-hybridized carbons (Fsp3) is 0.600. The predicted octanol–water partition coefficient (Wildman–Crippen LogP) is 4.40. The molecule has 3 heterocycles. The van der Waals surface area contributed by atoms with E-state index in [-0.39, 0.29) is 11.6 Å². The summed E-state index contributed by atoms with van der Waals surface area (Å²) < 4.78 is 2.04. The van der Waals surface area contributed by atoms with Crippen molar-refractivity contribution in [2.45, 2.75) is 77.3 Å². The Morgan fingerprint density at radius 2 is 1.88 bits per heavy atom. The van der Waals surface area contributed by atoms with Crippen molar-refractivity contribution in [2.24, 2.45) is 5.92 Å². The minimum atomic E-state index is -0.224. The zero-order chi connectivity index (χ0) is 22.1. The van der Waals surface area contributed by atoms with Crippen LogP contribution in [0.25, 0.3) is 10.9 Å². The van der Waals surface area contributed by atoms with Gasteiger partial charge in [0.05, 0.1) is 6.04 Å². The topological polar surface area (TPSA) is 79.7 Å². The van der Waals surface area contributed by atoms with Crippen LogP contribution in [0.4, 0.5) is 0 Å². The summed E-state index contributed by atoms with van der Waals surface area (Å²) >= 11 is 0. The molecule has 2 aromatic heterocycles. The molecule has 1 aliphatic carbocycles. The maximum Gasteiger partial charge on any atom is 0.253 e. The normalized spacial score (nSPS) is 20.1. The van der Waals surface area contributed by atoms with E-state index in [2.05, 4.69) is 57.5 Å². The number of piperidine rings is 1. The van der Waals surface area contributed by atoms with Gasteiger partial charge in [-0.2, -0.15) is 0 Å². The standard InChI is InChI=1S/C25H34N6O/c1-3-18-9-10-22-19(15-18)16-21(25(32)26-22)23(30-13-11-17(2)12-14-30)24-27-28-29-31(24)20-7-5-4-6-8-20/h9-10,15-17,20,23H,3-8,11-14H2,1-2H3,(H,26,32)/t23-/m1/s1. The molecule has 7 heteroatoms. The lowest BCUT2D eigenvalue weighted by atomic mass is 9.93. The Kier molecular flexibility index (Phi) is 6.09. The number of rotatable bonds is 5. The average molecular weight is 435 g/mol. The van der Waals surface area contributed by atoms with Gasteiger partial charge in [0.15, 0.2) is 5.82 Å². The van der Waals surface area contributed by atoms with Crippen LogP contribution in [0.15, 0.2) is 29.1 Å². The van der Waals surface area contributed by atoms with E-state index in [1.807, 2.05) is 10.7 Å². The van der Waals surface area contributed by atoms with Crippen molar-refractivity contribution < 1.29 is 0 Å². The maximum atomic E-state index is 13.4. The Bertz CT molecular complexity index is 1120. The van der Waals surface area contributed by atoms with Crippen molar-refractivity contribution >= 4 is 10.9 Å². The van der Waals surface area contributed by atoms with Gasteiger partial charge in [-0.05, 0) is 90.7 Å². The summed E-state index contributed by atoms with van der Waals surface area (Å²) in [7, 11) is 0. The molecule has 1 saturated heterocycles. The van der Waals surface area contributed by atoms with Crippen LogP contribution in [0.2, 0.25) is 0 Å². The lowest BCUT2D eigenvalue weighted by Crippen LogP contribution is -2.40. The number of benzene rings is 1. The summed E-state index contributed by atoms with van der Waals surface area (Å²) in [6.07, 6.45) is 9.16. The van der Waals surface area contributed by atoms with E-state index >= 15 is 0 Å². The van der Waals surface area contributed by atoms with Gasteiger partial charge in [-0.15, -0.1) is 5.10 Å². The number of aryl methyl sites for hydroxylation is 1. The van der Waals surface area contributed by atoms with Gasteiger partial charge < -0.3 is 4.98 Å². The van der Waals surface area contributed by atoms with Crippen LogP contribution in [0.3, 0.4) is 0 Å². The highest BCUT2D eigenvalue weighted by Gasteiger charge is 2.34. The highest BCUT2D eigenvalue weighted by Crippen LogP contribution is 2.34. The van der Waals surface area contributed by atoms with Gasteiger partial charge in [-0.25, -0.2) is 4.68 Å². The molecule has 170 valence electrons. The zero-order valence-electron chi connectivity index (χ0n) is 19.3. The lowest BCUT2D eigenvalue weighted by molar-refractivity contribution is 0.146. The lowest BCUT2D eigenvalue weighted by Gasteiger charge is -2.36. The molecule has 0 radical (unpaired) electrons. The summed E-state index contributed by atoms with van der Waals surface area (Å²) in [6.45, 7) is 6.38. The molecule has 3 aromatic rings. The maximum absolute atomic E-state index is 13.4. The Balaban J connectivity index is 1.62. The number of H-pyrrole nitrogens is 1. The van der Waals surface area contributed by atoms with Gasteiger partial charge in [0.1, 0.15) is 6.04 Å². The van der Waals surface area contributed by atoms with E-state index in [0.29, 0.717) is 12.0 Å². The molecule has 0 bridgehead atoms. The highest BCUT2D eigenvalue weighted by molar-refractivity contribution is 5.80. The fourth-order valence-corrected chi connectivity index (χ4v) is 5.45. The minimum Gasteiger partial charge on any atom is -0.322 e. The van der Waals surface area contributed by atoms with E-state index in [0.717, 1.165) is 67.5 Å². The first-order chi connectivity index (χ1) is 15.6. The molecule has 7 nitrogen and oxygen atoms in total. The summed E-state index contributed by atoms with van der Waals surface area (Å²) in [5.41, 5.74) is 2.87. The van der Waals surface area contributed by atoms with Crippen molar-refractivity contribution in [3.63, 3.8) is 0 Å². The van der Waals surface area contributed by atoms with Gasteiger partial charge >= 0.3 is 0 Å². The third kappa shape index (κ3) is 4.10. The molecule has 5 rings (SSSR count). The molecule has 2 fully saturated rings. The van der Waals surface area contributed by atoms with Crippen molar-refractivity contribution in [1.29, 1.82) is 0 Å². The van der Waals surface area contributed by atoms with Crippen LogP contribution in [0.1, 0.15) is 87.8 Å². The number of aromatic nitrogens is 5. The number of nitrogens with one attached hydrogen (secondary N) is 1. The summed E-state index contributed by atoms with van der Waals surface area (Å²) in [5.74, 6) is 1.53. The van der Waals surface area contributed by atoms with E-state index in [1.54, 1.807) is 0 Å². The smallest absolute Gasteiger partial charge is 0.253 e. The van der Waals surface area contributed by atoms with E-state index in [4.69, 9.17) is 0 Å². The van der Waals surface area contributed by atoms with Gasteiger partial charge in [0.25, 0.3) is 5.56 Å². The van der Waals surface area contributed by atoms with Crippen LogP contribution in [0, 0.1) is 5.92 Å². The molecule has 1 aromatic carbocycles. The van der Waals surface area contributed by atoms with E-state index in [9.17, 15) is 4.79 Å². The molecule has 32 heavy (non-hydrogen) atoms. The molecule has 0 amide bonds. The Hall–Kier alpha value is -2.54. The molecule has 0 unspecified atom stereocenters. The number of hydrogen-bond acceptors (Lipinski definition) is 5. The minimum absolute atomic E-state index is 0.0384. The highest BCUT2D eigenvalue weighted by atomic mass is 16.1. The van der Waals surface area contributed by atoms with Crippen LogP contribution < -0.4 is 5.56 Å². The van der Waals surface area contributed by atoms with Crippen molar-refractivity contribution in [3.8, 4) is 0 Å². The van der Waals surface area contributed by atoms with Gasteiger partial charge in [0, 0.05) is 11.1 Å². The molecule has 1 aliphatic heterocycles. The van der Waals surface area contributed by atoms with Gasteiger partial charge in [-0.3, -0.25) is 9.69 Å².